The highest BCUT2D eigenvalue weighted by atomic mass is 15.3. The summed E-state index contributed by atoms with van der Waals surface area (Å²) >= 11 is 0. The van der Waals surface area contributed by atoms with Crippen molar-refractivity contribution in [1.29, 1.82) is 5.26 Å². The fourth-order valence-electron chi connectivity index (χ4n) is 4.94. The van der Waals surface area contributed by atoms with Crippen LogP contribution in [0.25, 0.3) is 0 Å². The Labute approximate surface area is 192 Å². The van der Waals surface area contributed by atoms with Crippen molar-refractivity contribution in [2.45, 2.75) is 83.2 Å². The quantitative estimate of drug-likeness (QED) is 0.616. The molecule has 2 aromatic rings. The fraction of sp³-hybridized carbons (Fsp3) is 0.577. The van der Waals surface area contributed by atoms with Crippen molar-refractivity contribution in [2.75, 3.05) is 23.3 Å². The summed E-state index contributed by atoms with van der Waals surface area (Å²) in [5, 5.41) is 16.5. The molecule has 1 saturated carbocycles. The Morgan fingerprint density at radius 2 is 1.84 bits per heavy atom. The summed E-state index contributed by atoms with van der Waals surface area (Å²) in [6, 6.07) is 13.0. The van der Waals surface area contributed by atoms with Crippen LogP contribution in [-0.2, 0) is 6.42 Å². The Bertz CT molecular complexity index is 913. The molecule has 6 nitrogen and oxygen atoms in total. The van der Waals surface area contributed by atoms with Gasteiger partial charge in [0.1, 0.15) is 5.82 Å². The van der Waals surface area contributed by atoms with Gasteiger partial charge >= 0.3 is 0 Å². The summed E-state index contributed by atoms with van der Waals surface area (Å²) < 4.78 is 0. The van der Waals surface area contributed by atoms with Gasteiger partial charge < -0.3 is 15.5 Å². The van der Waals surface area contributed by atoms with Crippen molar-refractivity contribution >= 4 is 17.5 Å². The zero-order valence-corrected chi connectivity index (χ0v) is 19.3. The first-order valence-corrected chi connectivity index (χ1v) is 12.4. The molecule has 170 valence electrons. The monoisotopic (exact) mass is 432 g/mol. The SMILES string of the molecule is CCCc1cc(N2CC[C@H](NC3CCCCCCC3)C2)nc(Nc2cccc(C#N)c2)n1. The Balaban J connectivity index is 1.44. The van der Waals surface area contributed by atoms with E-state index in [4.69, 9.17) is 9.97 Å². The van der Waals surface area contributed by atoms with Gasteiger partial charge in [0.25, 0.3) is 0 Å². The lowest BCUT2D eigenvalue weighted by molar-refractivity contribution is 0.359. The van der Waals surface area contributed by atoms with Gasteiger partial charge in [-0.05, 0) is 43.9 Å². The number of nitrogens with one attached hydrogen (secondary N) is 2. The first-order valence-electron chi connectivity index (χ1n) is 12.4. The molecule has 0 bridgehead atoms. The van der Waals surface area contributed by atoms with Crippen LogP contribution in [0.4, 0.5) is 17.5 Å². The topological polar surface area (TPSA) is 76.9 Å². The molecule has 2 heterocycles. The van der Waals surface area contributed by atoms with Gasteiger partial charge in [-0.3, -0.25) is 0 Å². The lowest BCUT2D eigenvalue weighted by Gasteiger charge is -2.25. The van der Waals surface area contributed by atoms with Crippen molar-refractivity contribution in [1.82, 2.24) is 15.3 Å². The number of aromatic nitrogens is 2. The average molecular weight is 433 g/mol. The molecule has 1 saturated heterocycles. The third-order valence-electron chi connectivity index (χ3n) is 6.61. The first kappa shape index (κ1) is 22.5. The van der Waals surface area contributed by atoms with Crippen LogP contribution >= 0.6 is 0 Å². The fourth-order valence-corrected chi connectivity index (χ4v) is 4.94. The van der Waals surface area contributed by atoms with Crippen LogP contribution in [0.2, 0.25) is 0 Å². The van der Waals surface area contributed by atoms with Crippen LogP contribution in [0, 0.1) is 11.3 Å². The number of hydrogen-bond donors (Lipinski definition) is 2. The summed E-state index contributed by atoms with van der Waals surface area (Å²) in [7, 11) is 0. The number of hydrogen-bond acceptors (Lipinski definition) is 6. The Morgan fingerprint density at radius 1 is 1.03 bits per heavy atom. The molecule has 32 heavy (non-hydrogen) atoms. The van der Waals surface area contributed by atoms with Crippen LogP contribution < -0.4 is 15.5 Å². The van der Waals surface area contributed by atoms with Crippen molar-refractivity contribution in [3.63, 3.8) is 0 Å². The van der Waals surface area contributed by atoms with E-state index < -0.39 is 0 Å². The molecule has 0 spiro atoms. The highest BCUT2D eigenvalue weighted by Crippen LogP contribution is 2.25. The minimum absolute atomic E-state index is 0.535. The van der Waals surface area contributed by atoms with E-state index in [1.807, 2.05) is 18.2 Å². The van der Waals surface area contributed by atoms with E-state index >= 15 is 0 Å². The lowest BCUT2D eigenvalue weighted by atomic mass is 9.96. The van der Waals surface area contributed by atoms with Crippen molar-refractivity contribution in [3.05, 3.63) is 41.6 Å². The van der Waals surface area contributed by atoms with E-state index in [1.165, 1.54) is 44.9 Å². The number of benzene rings is 1. The minimum Gasteiger partial charge on any atom is -0.355 e. The Hall–Kier alpha value is -2.65. The van der Waals surface area contributed by atoms with Crippen molar-refractivity contribution in [2.24, 2.45) is 0 Å². The van der Waals surface area contributed by atoms with E-state index in [-0.39, 0.29) is 0 Å². The van der Waals surface area contributed by atoms with Crippen LogP contribution in [0.5, 0.6) is 0 Å². The maximum absolute atomic E-state index is 9.18. The molecule has 2 fully saturated rings. The molecule has 2 aliphatic rings. The van der Waals surface area contributed by atoms with Crippen LogP contribution in [0.15, 0.2) is 30.3 Å². The van der Waals surface area contributed by atoms with Gasteiger partial charge in [0.05, 0.1) is 11.6 Å². The minimum atomic E-state index is 0.535. The molecule has 0 unspecified atom stereocenters. The maximum atomic E-state index is 9.18. The second-order valence-electron chi connectivity index (χ2n) is 9.25. The molecule has 2 N–H and O–H groups in total. The van der Waals surface area contributed by atoms with Crippen molar-refractivity contribution < 1.29 is 0 Å². The smallest absolute Gasteiger partial charge is 0.229 e. The second-order valence-corrected chi connectivity index (χ2v) is 9.25. The average Bonchev–Trinajstić information content (AvgIpc) is 3.24. The molecule has 0 amide bonds. The standard InChI is InChI=1S/C26H36N6/c1-2-9-22-17-25(31-26(29-22)30-23-13-8-10-20(16-23)18-27)32-15-14-24(19-32)28-21-11-6-4-3-5-7-12-21/h8,10,13,16-17,21,24,28H,2-7,9,11-12,14-15,19H2,1H3,(H,29,30,31)/t24-/m0/s1. The molecule has 1 aliphatic carbocycles. The summed E-state index contributed by atoms with van der Waals surface area (Å²) in [6.07, 6.45) is 12.7. The summed E-state index contributed by atoms with van der Waals surface area (Å²) in [4.78, 5) is 12.0. The molecule has 1 atom stereocenters. The number of rotatable bonds is 7. The van der Waals surface area contributed by atoms with E-state index in [0.29, 0.717) is 23.6 Å². The van der Waals surface area contributed by atoms with E-state index in [0.717, 1.165) is 49.6 Å². The summed E-state index contributed by atoms with van der Waals surface area (Å²) in [6.45, 7) is 4.20. The highest BCUT2D eigenvalue weighted by molar-refractivity contribution is 5.58. The summed E-state index contributed by atoms with van der Waals surface area (Å²) in [5.74, 6) is 1.61. The Morgan fingerprint density at radius 3 is 2.62 bits per heavy atom. The zero-order valence-electron chi connectivity index (χ0n) is 19.3. The number of anilines is 3. The second kappa shape index (κ2) is 11.3. The van der Waals surface area contributed by atoms with Crippen molar-refractivity contribution in [3.8, 4) is 6.07 Å². The number of nitrogens with zero attached hydrogens (tertiary/aromatic N) is 4. The van der Waals surface area contributed by atoms with Gasteiger partial charge in [-0.15, -0.1) is 0 Å². The molecular formula is C26H36N6. The molecule has 1 aromatic carbocycles. The molecule has 1 aliphatic heterocycles. The predicted molar refractivity (Wildman–Crippen MR) is 130 cm³/mol. The van der Waals surface area contributed by atoms with Crippen LogP contribution in [0.3, 0.4) is 0 Å². The largest absolute Gasteiger partial charge is 0.355 e. The van der Waals surface area contributed by atoms with Gasteiger partial charge in [-0.2, -0.15) is 10.2 Å². The van der Waals surface area contributed by atoms with Gasteiger partial charge in [0.2, 0.25) is 5.95 Å². The highest BCUT2D eigenvalue weighted by Gasteiger charge is 2.26. The number of aryl methyl sites for hydroxylation is 1. The first-order chi connectivity index (χ1) is 15.7. The van der Waals surface area contributed by atoms with E-state index in [2.05, 4.69) is 34.6 Å². The van der Waals surface area contributed by atoms with Crippen LogP contribution in [-0.4, -0.2) is 35.1 Å². The third-order valence-corrected chi connectivity index (χ3v) is 6.61. The summed E-state index contributed by atoms with van der Waals surface area (Å²) in [5.41, 5.74) is 2.53. The maximum Gasteiger partial charge on any atom is 0.229 e. The van der Waals surface area contributed by atoms with Gasteiger partial charge in [0, 0.05) is 42.6 Å². The van der Waals surface area contributed by atoms with E-state index in [9.17, 15) is 5.26 Å². The van der Waals surface area contributed by atoms with Gasteiger partial charge in [0.15, 0.2) is 0 Å². The Kier molecular flexibility index (Phi) is 7.95. The zero-order chi connectivity index (χ0) is 22.2. The molecule has 0 radical (unpaired) electrons. The van der Waals surface area contributed by atoms with Gasteiger partial charge in [-0.25, -0.2) is 4.98 Å². The third kappa shape index (κ3) is 6.20. The van der Waals surface area contributed by atoms with Crippen LogP contribution in [0.1, 0.15) is 76.0 Å². The van der Waals surface area contributed by atoms with Gasteiger partial charge in [-0.1, -0.05) is 51.5 Å². The number of nitriles is 1. The molecule has 6 heteroatoms. The molecule has 4 rings (SSSR count). The normalized spacial score (nSPS) is 19.9. The lowest BCUT2D eigenvalue weighted by Crippen LogP contribution is -2.40. The molecule has 1 aromatic heterocycles. The predicted octanol–water partition coefficient (Wildman–Crippen LogP) is 5.33. The molecular weight excluding hydrogens is 396 g/mol. The van der Waals surface area contributed by atoms with E-state index in [1.54, 1.807) is 6.07 Å².